The Morgan fingerprint density at radius 2 is 2.27 bits per heavy atom. The van der Waals surface area contributed by atoms with Crippen molar-refractivity contribution in [3.8, 4) is 11.8 Å². The second-order valence-corrected chi connectivity index (χ2v) is 3.20. The summed E-state index contributed by atoms with van der Waals surface area (Å²) >= 11 is 7.36. The van der Waals surface area contributed by atoms with Gasteiger partial charge in [-0.25, -0.2) is 0 Å². The van der Waals surface area contributed by atoms with Gasteiger partial charge in [-0.05, 0) is 18.2 Å². The molecular weight excluding hydrogens is 220 g/mol. The zero-order valence-corrected chi connectivity index (χ0v) is 8.32. The third-order valence-corrected chi connectivity index (χ3v) is 1.79. The van der Waals surface area contributed by atoms with Gasteiger partial charge in [0.25, 0.3) is 0 Å². The van der Waals surface area contributed by atoms with E-state index in [4.69, 9.17) is 0 Å². The second-order valence-electron chi connectivity index (χ2n) is 1.97. The Morgan fingerprint density at radius 3 is 2.91 bits per heavy atom. The fourth-order valence-corrected chi connectivity index (χ4v) is 1.19. The van der Waals surface area contributed by atoms with Crippen LogP contribution in [0.15, 0.2) is 28.7 Å². The zero-order chi connectivity index (χ0) is 8.10. The first kappa shape index (κ1) is 8.70. The van der Waals surface area contributed by atoms with Gasteiger partial charge in [0.05, 0.1) is 5.75 Å². The Kier molecular flexibility index (Phi) is 3.55. The Hall–Kier alpha value is -0.390. The van der Waals surface area contributed by atoms with E-state index in [1.807, 2.05) is 24.3 Å². The molecule has 0 N–H and O–H groups in total. The molecule has 0 saturated heterocycles. The molecule has 0 saturated carbocycles. The van der Waals surface area contributed by atoms with Crippen molar-refractivity contribution in [3.05, 3.63) is 34.3 Å². The second kappa shape index (κ2) is 4.48. The first-order chi connectivity index (χ1) is 5.33. The van der Waals surface area contributed by atoms with Crippen LogP contribution in [0.5, 0.6) is 0 Å². The van der Waals surface area contributed by atoms with E-state index in [0.717, 1.165) is 10.0 Å². The van der Waals surface area contributed by atoms with Crippen LogP contribution in [0.2, 0.25) is 0 Å². The first-order valence-corrected chi connectivity index (χ1v) is 4.61. The van der Waals surface area contributed by atoms with Gasteiger partial charge in [-0.2, -0.15) is 12.6 Å². The molecule has 0 unspecified atom stereocenters. The summed E-state index contributed by atoms with van der Waals surface area (Å²) in [5, 5.41) is 0. The number of hydrogen-bond acceptors (Lipinski definition) is 1. The topological polar surface area (TPSA) is 0 Å². The van der Waals surface area contributed by atoms with Crippen LogP contribution in [0, 0.1) is 11.8 Å². The van der Waals surface area contributed by atoms with Crippen molar-refractivity contribution in [1.29, 1.82) is 0 Å². The van der Waals surface area contributed by atoms with E-state index in [2.05, 4.69) is 40.4 Å². The molecule has 0 amide bonds. The smallest absolute Gasteiger partial charge is 0.0521 e. The molecule has 0 aromatic heterocycles. The maximum atomic E-state index is 3.99. The third-order valence-electron chi connectivity index (χ3n) is 1.14. The lowest BCUT2D eigenvalue weighted by molar-refractivity contribution is 1.60. The molecule has 1 rings (SSSR count). The Balaban J connectivity index is 2.87. The maximum Gasteiger partial charge on any atom is 0.0521 e. The maximum absolute atomic E-state index is 3.99. The van der Waals surface area contributed by atoms with Gasteiger partial charge in [-0.1, -0.05) is 33.8 Å². The Morgan fingerprint density at radius 1 is 1.45 bits per heavy atom. The largest absolute Gasteiger partial charge is 0.166 e. The van der Waals surface area contributed by atoms with Crippen LogP contribution in [0.4, 0.5) is 0 Å². The van der Waals surface area contributed by atoms with Crippen molar-refractivity contribution in [2.75, 3.05) is 5.75 Å². The number of thiol groups is 1. The van der Waals surface area contributed by atoms with E-state index in [1.165, 1.54) is 0 Å². The number of halogens is 1. The highest BCUT2D eigenvalue weighted by atomic mass is 79.9. The van der Waals surface area contributed by atoms with Gasteiger partial charge in [-0.15, -0.1) is 0 Å². The summed E-state index contributed by atoms with van der Waals surface area (Å²) in [4.78, 5) is 0. The highest BCUT2D eigenvalue weighted by molar-refractivity contribution is 9.10. The third kappa shape index (κ3) is 3.00. The molecule has 1 aromatic rings. The molecular formula is C9H7BrS. The summed E-state index contributed by atoms with van der Waals surface area (Å²) in [5.41, 5.74) is 1.02. The summed E-state index contributed by atoms with van der Waals surface area (Å²) in [6.07, 6.45) is 0. The van der Waals surface area contributed by atoms with Crippen LogP contribution in [0.25, 0.3) is 0 Å². The van der Waals surface area contributed by atoms with E-state index in [0.29, 0.717) is 5.75 Å². The van der Waals surface area contributed by atoms with E-state index < -0.39 is 0 Å². The Bertz CT molecular complexity index is 296. The molecule has 0 fully saturated rings. The number of benzene rings is 1. The monoisotopic (exact) mass is 226 g/mol. The lowest BCUT2D eigenvalue weighted by Crippen LogP contribution is -1.73. The summed E-state index contributed by atoms with van der Waals surface area (Å²) in [5.74, 6) is 6.47. The predicted molar refractivity (Wildman–Crippen MR) is 54.9 cm³/mol. The average molecular weight is 227 g/mol. The molecule has 0 radical (unpaired) electrons. The molecule has 0 aliphatic carbocycles. The minimum absolute atomic E-state index is 0.604. The van der Waals surface area contributed by atoms with Crippen LogP contribution >= 0.6 is 28.6 Å². The normalized spacial score (nSPS) is 8.55. The van der Waals surface area contributed by atoms with Gasteiger partial charge >= 0.3 is 0 Å². The van der Waals surface area contributed by atoms with Gasteiger partial charge in [-0.3, -0.25) is 0 Å². The molecule has 2 heteroatoms. The lowest BCUT2D eigenvalue weighted by Gasteiger charge is -1.89. The quantitative estimate of drug-likeness (QED) is 0.511. The minimum Gasteiger partial charge on any atom is -0.166 e. The Labute approximate surface area is 80.5 Å². The van der Waals surface area contributed by atoms with Gasteiger partial charge in [0.1, 0.15) is 0 Å². The van der Waals surface area contributed by atoms with Crippen molar-refractivity contribution in [1.82, 2.24) is 0 Å². The molecule has 0 heterocycles. The van der Waals surface area contributed by atoms with Crippen LogP contribution in [-0.4, -0.2) is 5.75 Å². The summed E-state index contributed by atoms with van der Waals surface area (Å²) in [7, 11) is 0. The van der Waals surface area contributed by atoms with E-state index in [9.17, 15) is 0 Å². The average Bonchev–Trinajstić information content (AvgIpc) is 2.01. The van der Waals surface area contributed by atoms with Crippen LogP contribution < -0.4 is 0 Å². The zero-order valence-electron chi connectivity index (χ0n) is 5.84. The van der Waals surface area contributed by atoms with Crippen molar-refractivity contribution < 1.29 is 0 Å². The van der Waals surface area contributed by atoms with Gasteiger partial charge < -0.3 is 0 Å². The predicted octanol–water partition coefficient (Wildman–Crippen LogP) is 2.73. The highest BCUT2D eigenvalue weighted by Crippen LogP contribution is 2.10. The van der Waals surface area contributed by atoms with Crippen LogP contribution in [0.1, 0.15) is 5.56 Å². The van der Waals surface area contributed by atoms with Crippen molar-refractivity contribution in [2.45, 2.75) is 0 Å². The minimum atomic E-state index is 0.604. The first-order valence-electron chi connectivity index (χ1n) is 3.18. The summed E-state index contributed by atoms with van der Waals surface area (Å²) < 4.78 is 1.06. The highest BCUT2D eigenvalue weighted by Gasteiger charge is 1.86. The summed E-state index contributed by atoms with van der Waals surface area (Å²) in [6.45, 7) is 0. The fraction of sp³-hybridized carbons (Fsp3) is 0.111. The molecule has 1 aromatic carbocycles. The molecule has 11 heavy (non-hydrogen) atoms. The van der Waals surface area contributed by atoms with Crippen LogP contribution in [0.3, 0.4) is 0 Å². The molecule has 0 bridgehead atoms. The van der Waals surface area contributed by atoms with Gasteiger partial charge in [0.15, 0.2) is 0 Å². The molecule has 0 spiro atoms. The molecule has 0 atom stereocenters. The standard InChI is InChI=1S/C9H7BrS/c10-9-5-1-3-8(7-9)4-2-6-11/h1,3,5,7,11H,6H2. The lowest BCUT2D eigenvalue weighted by atomic mass is 10.2. The van der Waals surface area contributed by atoms with Crippen LogP contribution in [-0.2, 0) is 0 Å². The molecule has 0 aliphatic rings. The molecule has 56 valence electrons. The van der Waals surface area contributed by atoms with E-state index >= 15 is 0 Å². The molecule has 0 nitrogen and oxygen atoms in total. The fourth-order valence-electron chi connectivity index (χ4n) is 0.708. The SMILES string of the molecule is SCC#Cc1cccc(Br)c1. The number of rotatable bonds is 0. The molecule has 0 aliphatic heterocycles. The van der Waals surface area contributed by atoms with Gasteiger partial charge in [0.2, 0.25) is 0 Å². The van der Waals surface area contributed by atoms with Gasteiger partial charge in [0, 0.05) is 10.0 Å². The van der Waals surface area contributed by atoms with E-state index in [-0.39, 0.29) is 0 Å². The summed E-state index contributed by atoms with van der Waals surface area (Å²) in [6, 6.07) is 7.90. The van der Waals surface area contributed by atoms with Crippen molar-refractivity contribution >= 4 is 28.6 Å². The van der Waals surface area contributed by atoms with Crippen molar-refractivity contribution in [2.24, 2.45) is 0 Å². The van der Waals surface area contributed by atoms with E-state index in [1.54, 1.807) is 0 Å². The van der Waals surface area contributed by atoms with Crippen molar-refractivity contribution in [3.63, 3.8) is 0 Å². The number of hydrogen-bond donors (Lipinski definition) is 1.